The Bertz CT molecular complexity index is 1760. The lowest BCUT2D eigenvalue weighted by atomic mass is 9.79. The number of nitrogens with zero attached hydrogens (tertiary/aromatic N) is 6. The second-order valence-corrected chi connectivity index (χ2v) is 16.3. The minimum absolute atomic E-state index is 0.00702. The molecule has 0 aliphatic carbocycles. The smallest absolute Gasteiger partial charge is 0.246 e. The number of anilines is 4. The number of piperidine rings is 2. The number of ether oxygens (including phenoxy) is 1. The Balaban J connectivity index is 1.36. The highest BCUT2D eigenvalue weighted by atomic mass is 32.2. The van der Waals surface area contributed by atoms with Crippen molar-refractivity contribution in [1.82, 2.24) is 19.9 Å². The third-order valence-corrected chi connectivity index (χ3v) is 13.0. The van der Waals surface area contributed by atoms with Gasteiger partial charge in [-0.1, -0.05) is 12.6 Å². The molecule has 3 aliphatic heterocycles. The van der Waals surface area contributed by atoms with Gasteiger partial charge in [-0.3, -0.25) is 4.79 Å². The number of sulfone groups is 1. The molecular formula is C35H47N7O4S. The molecule has 0 bridgehead atoms. The number of aromatic nitrogens is 3. The molecule has 47 heavy (non-hydrogen) atoms. The topological polar surface area (TPSA) is 121 Å². The third-order valence-electron chi connectivity index (χ3n) is 10.8. The zero-order chi connectivity index (χ0) is 33.5. The zero-order valence-electron chi connectivity index (χ0n) is 28.1. The molecule has 1 aromatic carbocycles. The number of rotatable bonds is 9. The van der Waals surface area contributed by atoms with E-state index >= 15 is 0 Å². The number of carbonyl (C=O) groups is 1. The van der Waals surface area contributed by atoms with Crippen molar-refractivity contribution < 1.29 is 17.9 Å². The van der Waals surface area contributed by atoms with Crippen molar-refractivity contribution in [3.05, 3.63) is 54.9 Å². The molecule has 3 fully saturated rings. The number of carbonyl (C=O) groups excluding carboxylic acids is 1. The van der Waals surface area contributed by atoms with Gasteiger partial charge in [-0.2, -0.15) is 4.98 Å². The number of benzene rings is 1. The summed E-state index contributed by atoms with van der Waals surface area (Å²) in [4.78, 5) is 33.5. The molecule has 3 atom stereocenters. The highest BCUT2D eigenvalue weighted by molar-refractivity contribution is 7.92. The van der Waals surface area contributed by atoms with Crippen LogP contribution in [-0.4, -0.2) is 90.6 Å². The van der Waals surface area contributed by atoms with E-state index in [-0.39, 0.29) is 30.0 Å². The monoisotopic (exact) mass is 661 g/mol. The van der Waals surface area contributed by atoms with Crippen molar-refractivity contribution in [3.8, 4) is 0 Å². The molecule has 2 aromatic heterocycles. The second-order valence-electron chi connectivity index (χ2n) is 13.7. The van der Waals surface area contributed by atoms with Crippen LogP contribution in [0.3, 0.4) is 0 Å². The lowest BCUT2D eigenvalue weighted by molar-refractivity contribution is -0.129. The van der Waals surface area contributed by atoms with Crippen LogP contribution in [0, 0.1) is 5.92 Å². The normalized spacial score (nSPS) is 22.7. The van der Waals surface area contributed by atoms with E-state index in [0.717, 1.165) is 67.2 Å². The van der Waals surface area contributed by atoms with Gasteiger partial charge in [0.15, 0.2) is 9.84 Å². The standard InChI is InChI=1S/C35H47N7O4S/c1-7-33(43)41-17-9-8-10-29(41)25-11-12-30(42-22-28(23(42)2)35(3,4)47(6,44)45)27-21-37-32(20-26(25)27)38-31-13-16-36-34(39-31)40-18-14-24(46-5)15-19-40/h7,11-13,16,20-21,23-24,28-29H,1,8-10,14-15,17-19,22H2,2-6H3,(H,36,37,38,39)/t23-,28+,29+/m1/s1. The van der Waals surface area contributed by atoms with Gasteiger partial charge in [-0.25, -0.2) is 18.4 Å². The van der Waals surface area contributed by atoms with E-state index in [1.54, 1.807) is 13.3 Å². The molecule has 252 valence electrons. The summed E-state index contributed by atoms with van der Waals surface area (Å²) in [6.45, 7) is 12.5. The van der Waals surface area contributed by atoms with E-state index in [9.17, 15) is 13.2 Å². The number of likely N-dealkylation sites (tertiary alicyclic amines) is 1. The van der Waals surface area contributed by atoms with Crippen LogP contribution in [0.5, 0.6) is 0 Å². The fourth-order valence-corrected chi connectivity index (χ4v) is 8.31. The van der Waals surface area contributed by atoms with E-state index in [4.69, 9.17) is 14.7 Å². The van der Waals surface area contributed by atoms with Crippen LogP contribution in [0.1, 0.15) is 64.5 Å². The molecule has 0 spiro atoms. The maximum absolute atomic E-state index is 13.0. The molecular weight excluding hydrogens is 614 g/mol. The number of methoxy groups -OCH3 is 1. The average Bonchev–Trinajstić information content (AvgIpc) is 3.06. The number of fused-ring (bicyclic) bond motifs is 1. The van der Waals surface area contributed by atoms with Gasteiger partial charge < -0.3 is 24.8 Å². The molecule has 0 radical (unpaired) electrons. The Morgan fingerprint density at radius 2 is 1.83 bits per heavy atom. The van der Waals surface area contributed by atoms with Crippen LogP contribution in [0.15, 0.2) is 49.3 Å². The van der Waals surface area contributed by atoms with Gasteiger partial charge >= 0.3 is 0 Å². The highest BCUT2D eigenvalue weighted by Gasteiger charge is 2.50. The predicted octanol–water partition coefficient (Wildman–Crippen LogP) is 5.27. The van der Waals surface area contributed by atoms with Gasteiger partial charge in [0.1, 0.15) is 11.6 Å². The number of pyridine rings is 1. The molecule has 12 heteroatoms. The molecule has 3 saturated heterocycles. The van der Waals surface area contributed by atoms with E-state index in [1.165, 1.54) is 12.3 Å². The Hall–Kier alpha value is -3.77. The van der Waals surface area contributed by atoms with Gasteiger partial charge in [0, 0.05) is 75.0 Å². The van der Waals surface area contributed by atoms with E-state index in [2.05, 4.69) is 45.7 Å². The van der Waals surface area contributed by atoms with Crippen molar-refractivity contribution in [1.29, 1.82) is 0 Å². The highest BCUT2D eigenvalue weighted by Crippen LogP contribution is 2.45. The molecule has 1 N–H and O–H groups in total. The van der Waals surface area contributed by atoms with Crippen LogP contribution in [0.25, 0.3) is 10.8 Å². The molecule has 1 amide bonds. The first-order valence-electron chi connectivity index (χ1n) is 16.6. The average molecular weight is 662 g/mol. The van der Waals surface area contributed by atoms with E-state index in [0.29, 0.717) is 30.7 Å². The third kappa shape index (κ3) is 6.29. The summed E-state index contributed by atoms with van der Waals surface area (Å²) >= 11 is 0. The Morgan fingerprint density at radius 3 is 2.51 bits per heavy atom. The van der Waals surface area contributed by atoms with Crippen LogP contribution in [-0.2, 0) is 19.4 Å². The second kappa shape index (κ2) is 13.0. The Kier molecular flexibility index (Phi) is 9.19. The summed E-state index contributed by atoms with van der Waals surface area (Å²) in [5, 5.41) is 5.38. The summed E-state index contributed by atoms with van der Waals surface area (Å²) in [7, 11) is -1.48. The minimum atomic E-state index is -3.24. The molecule has 6 rings (SSSR count). The van der Waals surface area contributed by atoms with Gasteiger partial charge in [0.2, 0.25) is 11.9 Å². The SMILES string of the molecule is C=CC(=O)N1CCCC[C@H]1c1ccc(N2C[C@H](C(C)(C)S(C)(=O)=O)[C@H]2C)c2cnc(Nc3ccnc(N4CCC(OC)CC4)n3)cc12. The van der Waals surface area contributed by atoms with Gasteiger partial charge in [0.25, 0.3) is 0 Å². The number of nitrogens with one attached hydrogen (secondary N) is 1. The van der Waals surface area contributed by atoms with Crippen molar-refractivity contribution in [2.75, 3.05) is 54.7 Å². The first-order chi connectivity index (χ1) is 22.4. The molecule has 3 aromatic rings. The molecule has 5 heterocycles. The summed E-state index contributed by atoms with van der Waals surface area (Å²) in [5.41, 5.74) is 2.08. The summed E-state index contributed by atoms with van der Waals surface area (Å²) in [5.74, 6) is 1.89. The molecule has 11 nitrogen and oxygen atoms in total. The van der Waals surface area contributed by atoms with Crippen LogP contribution >= 0.6 is 0 Å². The number of amides is 1. The molecule has 3 aliphatic rings. The lowest BCUT2D eigenvalue weighted by Gasteiger charge is -2.54. The van der Waals surface area contributed by atoms with E-state index in [1.807, 2.05) is 37.1 Å². The summed E-state index contributed by atoms with van der Waals surface area (Å²) < 4.78 is 30.0. The maximum Gasteiger partial charge on any atom is 0.246 e. The summed E-state index contributed by atoms with van der Waals surface area (Å²) in [6, 6.07) is 8.07. The molecule has 0 unspecified atom stereocenters. The van der Waals surface area contributed by atoms with Gasteiger partial charge in [-0.15, -0.1) is 0 Å². The fraction of sp³-hybridized carbons (Fsp3) is 0.543. The number of hydrogen-bond donors (Lipinski definition) is 1. The number of hydrogen-bond acceptors (Lipinski definition) is 10. The van der Waals surface area contributed by atoms with Crippen molar-refractivity contribution in [2.24, 2.45) is 5.92 Å². The van der Waals surface area contributed by atoms with Crippen LogP contribution in [0.4, 0.5) is 23.3 Å². The van der Waals surface area contributed by atoms with Crippen molar-refractivity contribution in [2.45, 2.75) is 75.8 Å². The quantitative estimate of drug-likeness (QED) is 0.304. The zero-order valence-corrected chi connectivity index (χ0v) is 29.0. The first kappa shape index (κ1) is 33.1. The van der Waals surface area contributed by atoms with Crippen LogP contribution < -0.4 is 15.1 Å². The van der Waals surface area contributed by atoms with Gasteiger partial charge in [0.05, 0.1) is 16.9 Å². The maximum atomic E-state index is 13.0. The fourth-order valence-electron chi connectivity index (χ4n) is 7.49. The predicted molar refractivity (Wildman–Crippen MR) is 187 cm³/mol. The van der Waals surface area contributed by atoms with Crippen molar-refractivity contribution >= 4 is 49.8 Å². The van der Waals surface area contributed by atoms with E-state index < -0.39 is 14.6 Å². The minimum Gasteiger partial charge on any atom is -0.381 e. The molecule has 0 saturated carbocycles. The first-order valence-corrected chi connectivity index (χ1v) is 18.5. The largest absolute Gasteiger partial charge is 0.381 e. The Morgan fingerprint density at radius 1 is 1.06 bits per heavy atom. The van der Waals surface area contributed by atoms with Crippen LogP contribution in [0.2, 0.25) is 0 Å². The van der Waals surface area contributed by atoms with Gasteiger partial charge in [-0.05, 0) is 88.1 Å². The van der Waals surface area contributed by atoms with Crippen molar-refractivity contribution in [3.63, 3.8) is 0 Å². The lowest BCUT2D eigenvalue weighted by Crippen LogP contribution is -2.64. The summed E-state index contributed by atoms with van der Waals surface area (Å²) in [6.07, 6.45) is 11.4. The Labute approximate surface area is 278 Å².